The smallest absolute Gasteiger partial charge is 0.306 e. The van der Waals surface area contributed by atoms with Crippen molar-refractivity contribution in [3.63, 3.8) is 0 Å². The van der Waals surface area contributed by atoms with Crippen molar-refractivity contribution in [2.24, 2.45) is 11.8 Å². The van der Waals surface area contributed by atoms with E-state index < -0.39 is 5.97 Å². The second kappa shape index (κ2) is 10.1. The van der Waals surface area contributed by atoms with Crippen molar-refractivity contribution in [3.8, 4) is 5.75 Å². The van der Waals surface area contributed by atoms with E-state index in [4.69, 9.17) is 16.3 Å². The molecular weight excluding hydrogens is 446 g/mol. The van der Waals surface area contributed by atoms with E-state index in [1.165, 1.54) is 31.2 Å². The van der Waals surface area contributed by atoms with E-state index >= 15 is 0 Å². The third-order valence-electron chi connectivity index (χ3n) is 8.92. The second-order valence-corrected chi connectivity index (χ2v) is 11.3. The first-order valence-electron chi connectivity index (χ1n) is 13.3. The fourth-order valence-electron chi connectivity index (χ4n) is 6.89. The number of hydrogen-bond donors (Lipinski definition) is 1. The van der Waals surface area contributed by atoms with Gasteiger partial charge in [-0.3, -0.25) is 9.69 Å². The Labute approximate surface area is 208 Å². The van der Waals surface area contributed by atoms with Gasteiger partial charge < -0.3 is 9.84 Å². The third kappa shape index (κ3) is 4.68. The molecule has 184 valence electrons. The minimum Gasteiger partial charge on any atom is -0.489 e. The van der Waals surface area contributed by atoms with Crippen LogP contribution >= 0.6 is 11.6 Å². The Morgan fingerprint density at radius 2 is 1.76 bits per heavy atom. The summed E-state index contributed by atoms with van der Waals surface area (Å²) in [6, 6.07) is 11.7. The lowest BCUT2D eigenvalue weighted by Crippen LogP contribution is -2.53. The van der Waals surface area contributed by atoms with Gasteiger partial charge in [-0.2, -0.15) is 0 Å². The lowest BCUT2D eigenvalue weighted by Gasteiger charge is -2.51. The maximum atomic E-state index is 11.7. The Balaban J connectivity index is 1.37. The summed E-state index contributed by atoms with van der Waals surface area (Å²) >= 11 is 6.93. The first-order valence-corrected chi connectivity index (χ1v) is 13.7. The van der Waals surface area contributed by atoms with Crippen LogP contribution in [0.25, 0.3) is 10.8 Å². The van der Waals surface area contributed by atoms with Crippen LogP contribution in [0.2, 0.25) is 5.02 Å². The SMILES string of the molecule is CC[C@H]1CC[C@@H](Oc2ccc3ccc(C(C)N4C5CCCC4CC(C(=O)O)C5)cc3c2Cl)CC1. The summed E-state index contributed by atoms with van der Waals surface area (Å²) in [6.07, 6.45) is 11.2. The molecule has 2 aromatic carbocycles. The molecular formula is C29H38ClNO3. The molecule has 0 spiro atoms. The standard InChI is InChI=1S/C29H38ClNO3/c1-3-19-7-12-25(13-8-19)34-27-14-11-20-9-10-21(17-26(20)28(27)30)18(2)31-23-5-4-6-24(31)16-22(15-23)29(32)33/h9-11,14,17-19,22-25H,3-8,12-13,15-16H2,1-2H3,(H,32,33)/t18?,19-,22?,23?,24?,25+. The van der Waals surface area contributed by atoms with E-state index in [1.54, 1.807) is 0 Å². The molecule has 2 heterocycles. The van der Waals surface area contributed by atoms with Crippen molar-refractivity contribution in [2.45, 2.75) is 102 Å². The van der Waals surface area contributed by atoms with Crippen molar-refractivity contribution in [2.75, 3.05) is 0 Å². The number of piperidine rings is 2. The lowest BCUT2D eigenvalue weighted by molar-refractivity contribution is -0.147. The van der Waals surface area contributed by atoms with Gasteiger partial charge in [0.2, 0.25) is 0 Å². The third-order valence-corrected chi connectivity index (χ3v) is 9.31. The summed E-state index contributed by atoms with van der Waals surface area (Å²) in [5.41, 5.74) is 1.25. The first-order chi connectivity index (χ1) is 16.4. The molecule has 2 bridgehead atoms. The molecule has 3 fully saturated rings. The zero-order valence-electron chi connectivity index (χ0n) is 20.5. The molecule has 0 aromatic heterocycles. The number of aliphatic carboxylic acids is 1. The number of nitrogens with zero attached hydrogens (tertiary/aromatic N) is 1. The molecule has 2 aromatic rings. The molecule has 3 atom stereocenters. The Bertz CT molecular complexity index is 1020. The number of carboxylic acid groups (broad SMARTS) is 1. The minimum absolute atomic E-state index is 0.197. The van der Waals surface area contributed by atoms with Crippen LogP contribution in [0.15, 0.2) is 30.3 Å². The van der Waals surface area contributed by atoms with Crippen LogP contribution in [0.1, 0.15) is 89.7 Å². The highest BCUT2D eigenvalue weighted by Crippen LogP contribution is 2.43. The Kier molecular flexibility index (Phi) is 7.09. The van der Waals surface area contributed by atoms with Gasteiger partial charge in [0.1, 0.15) is 5.75 Å². The van der Waals surface area contributed by atoms with E-state index in [0.29, 0.717) is 17.1 Å². The summed E-state index contributed by atoms with van der Waals surface area (Å²) in [4.78, 5) is 14.3. The quantitative estimate of drug-likeness (QED) is 0.459. The molecule has 3 aliphatic rings. The van der Waals surface area contributed by atoms with Crippen LogP contribution in [-0.2, 0) is 4.79 Å². The molecule has 1 saturated carbocycles. The Hall–Kier alpha value is -1.78. The monoisotopic (exact) mass is 483 g/mol. The number of fused-ring (bicyclic) bond motifs is 3. The predicted molar refractivity (Wildman–Crippen MR) is 138 cm³/mol. The number of benzene rings is 2. The number of carbonyl (C=O) groups is 1. The number of halogens is 1. The zero-order chi connectivity index (χ0) is 23.8. The fraction of sp³-hybridized carbons (Fsp3) is 0.621. The molecule has 0 radical (unpaired) electrons. The predicted octanol–water partition coefficient (Wildman–Crippen LogP) is 7.62. The number of rotatable bonds is 6. The largest absolute Gasteiger partial charge is 0.489 e. The molecule has 0 amide bonds. The van der Waals surface area contributed by atoms with Crippen molar-refractivity contribution in [3.05, 3.63) is 40.9 Å². The van der Waals surface area contributed by atoms with Crippen molar-refractivity contribution >= 4 is 28.3 Å². The van der Waals surface area contributed by atoms with Crippen LogP contribution in [0.3, 0.4) is 0 Å². The molecule has 5 heteroatoms. The molecule has 1 aliphatic carbocycles. The minimum atomic E-state index is -0.627. The first kappa shape index (κ1) is 23.9. The molecule has 4 nitrogen and oxygen atoms in total. The lowest BCUT2D eigenvalue weighted by atomic mass is 9.77. The van der Waals surface area contributed by atoms with E-state index in [1.807, 2.05) is 6.07 Å². The van der Waals surface area contributed by atoms with Gasteiger partial charge in [-0.05, 0) is 87.3 Å². The highest BCUT2D eigenvalue weighted by molar-refractivity contribution is 6.37. The molecule has 5 rings (SSSR count). The Morgan fingerprint density at radius 3 is 2.41 bits per heavy atom. The summed E-state index contributed by atoms with van der Waals surface area (Å²) < 4.78 is 6.40. The summed E-state index contributed by atoms with van der Waals surface area (Å²) in [6.45, 7) is 4.56. The van der Waals surface area contributed by atoms with Gasteiger partial charge in [-0.25, -0.2) is 0 Å². The normalized spacial score (nSPS) is 30.7. The molecule has 2 saturated heterocycles. The Morgan fingerprint density at radius 1 is 1.09 bits per heavy atom. The van der Waals surface area contributed by atoms with Gasteiger partial charge in [-0.15, -0.1) is 0 Å². The van der Waals surface area contributed by atoms with E-state index in [0.717, 1.165) is 61.0 Å². The molecule has 3 unspecified atom stereocenters. The number of ether oxygens (including phenoxy) is 1. The van der Waals surface area contributed by atoms with Crippen LogP contribution < -0.4 is 4.74 Å². The summed E-state index contributed by atoms with van der Waals surface area (Å²) in [5, 5.41) is 12.5. The highest BCUT2D eigenvalue weighted by Gasteiger charge is 2.42. The van der Waals surface area contributed by atoms with Gasteiger partial charge in [0.05, 0.1) is 17.0 Å². The van der Waals surface area contributed by atoms with Gasteiger partial charge in [0.15, 0.2) is 0 Å². The number of carboxylic acids is 1. The van der Waals surface area contributed by atoms with Crippen molar-refractivity contribution < 1.29 is 14.6 Å². The maximum absolute atomic E-state index is 11.7. The highest BCUT2D eigenvalue weighted by atomic mass is 35.5. The average molecular weight is 484 g/mol. The maximum Gasteiger partial charge on any atom is 0.306 e. The topological polar surface area (TPSA) is 49.8 Å². The molecule has 2 aliphatic heterocycles. The summed E-state index contributed by atoms with van der Waals surface area (Å²) in [5.74, 6) is 0.823. The summed E-state index contributed by atoms with van der Waals surface area (Å²) in [7, 11) is 0. The van der Waals surface area contributed by atoms with Crippen LogP contribution in [0.5, 0.6) is 5.75 Å². The van der Waals surface area contributed by atoms with Crippen LogP contribution in [0, 0.1) is 11.8 Å². The fourth-order valence-corrected chi connectivity index (χ4v) is 7.16. The van der Waals surface area contributed by atoms with Gasteiger partial charge in [-0.1, -0.05) is 49.6 Å². The molecule has 1 N–H and O–H groups in total. The molecule has 34 heavy (non-hydrogen) atoms. The van der Waals surface area contributed by atoms with Gasteiger partial charge in [0, 0.05) is 23.5 Å². The second-order valence-electron chi connectivity index (χ2n) is 10.9. The van der Waals surface area contributed by atoms with Crippen LogP contribution in [0.4, 0.5) is 0 Å². The van der Waals surface area contributed by atoms with Gasteiger partial charge in [0.25, 0.3) is 0 Å². The average Bonchev–Trinajstić information content (AvgIpc) is 2.84. The van der Waals surface area contributed by atoms with Crippen molar-refractivity contribution in [1.29, 1.82) is 0 Å². The zero-order valence-corrected chi connectivity index (χ0v) is 21.3. The van der Waals surface area contributed by atoms with Crippen LogP contribution in [-0.4, -0.2) is 34.2 Å². The number of hydrogen-bond acceptors (Lipinski definition) is 3. The van der Waals surface area contributed by atoms with E-state index in [-0.39, 0.29) is 18.1 Å². The van der Waals surface area contributed by atoms with Crippen molar-refractivity contribution in [1.82, 2.24) is 4.90 Å². The van der Waals surface area contributed by atoms with E-state index in [2.05, 4.69) is 43.0 Å². The van der Waals surface area contributed by atoms with Gasteiger partial charge >= 0.3 is 5.97 Å². The van der Waals surface area contributed by atoms with E-state index in [9.17, 15) is 9.90 Å².